The van der Waals surface area contributed by atoms with Gasteiger partial charge in [-0.2, -0.15) is 15.1 Å². The Morgan fingerprint density at radius 1 is 1.24 bits per heavy atom. The van der Waals surface area contributed by atoms with E-state index in [1.54, 1.807) is 50.5 Å². The van der Waals surface area contributed by atoms with Gasteiger partial charge in [0.05, 0.1) is 25.1 Å². The second-order valence-corrected chi connectivity index (χ2v) is 11.1. The lowest BCUT2D eigenvalue weighted by Gasteiger charge is -2.24. The molecule has 1 aromatic carbocycles. The summed E-state index contributed by atoms with van der Waals surface area (Å²) in [7, 11) is -0.275. The number of rotatable bonds is 11. The van der Waals surface area contributed by atoms with Gasteiger partial charge in [-0.1, -0.05) is 18.2 Å². The van der Waals surface area contributed by atoms with Crippen molar-refractivity contribution in [3.05, 3.63) is 36.7 Å². The number of esters is 1. The van der Waals surface area contributed by atoms with Crippen molar-refractivity contribution in [2.75, 3.05) is 31.3 Å². The Kier molecular flexibility index (Phi) is 8.51. The Hall–Kier alpha value is -3.25. The predicted octanol–water partition coefficient (Wildman–Crippen LogP) is 3.29. The molecular weight excluding hydrogens is 513 g/mol. The molecule has 1 aliphatic heterocycles. The number of carbonyl (C=O) groups is 1. The summed E-state index contributed by atoms with van der Waals surface area (Å²) in [6.07, 6.45) is 1.83. The lowest BCUT2D eigenvalue weighted by Crippen LogP contribution is -2.36. The number of para-hydroxylation sites is 1. The van der Waals surface area contributed by atoms with Gasteiger partial charge in [0, 0.05) is 14.1 Å². The molecule has 13 nitrogen and oxygen atoms in total. The summed E-state index contributed by atoms with van der Waals surface area (Å²) in [5.41, 5.74) is 7.10. The second-order valence-electron chi connectivity index (χ2n) is 9.45. The fourth-order valence-corrected chi connectivity index (χ4v) is 5.49. The summed E-state index contributed by atoms with van der Waals surface area (Å²) in [5, 5.41) is 2.69. The molecule has 0 saturated carbocycles. The third-order valence-electron chi connectivity index (χ3n) is 5.70. The first-order chi connectivity index (χ1) is 18.0. The highest BCUT2D eigenvalue weighted by Gasteiger charge is 2.36. The van der Waals surface area contributed by atoms with Crippen LogP contribution in [0.5, 0.6) is 5.75 Å². The molecule has 4 rings (SSSR count). The number of nitrogen functional groups attached to an aromatic ring is 1. The molecule has 1 aliphatic rings. The van der Waals surface area contributed by atoms with Crippen molar-refractivity contribution in [2.45, 2.75) is 58.1 Å². The minimum absolute atomic E-state index is 0.0355. The SMILES string of the molecule is CC(C)OC(=O)[C@H](C)N[P@](=O)(OC[C@@H]1CC[C@H](n2cnc3c(N(C)C)nc(N)nc32)O1)Oc1ccccc1. The Morgan fingerprint density at radius 2 is 1.97 bits per heavy atom. The molecule has 3 heterocycles. The number of aromatic nitrogens is 4. The van der Waals surface area contributed by atoms with Crippen molar-refractivity contribution in [1.29, 1.82) is 0 Å². The number of anilines is 2. The highest BCUT2D eigenvalue weighted by molar-refractivity contribution is 7.52. The third kappa shape index (κ3) is 6.60. The minimum Gasteiger partial charge on any atom is -0.462 e. The van der Waals surface area contributed by atoms with Crippen LogP contribution in [0.3, 0.4) is 0 Å². The van der Waals surface area contributed by atoms with E-state index in [4.69, 9.17) is 24.3 Å². The van der Waals surface area contributed by atoms with Crippen LogP contribution in [0.15, 0.2) is 36.7 Å². The van der Waals surface area contributed by atoms with E-state index in [0.29, 0.717) is 35.6 Å². The maximum Gasteiger partial charge on any atom is 0.459 e. The van der Waals surface area contributed by atoms with E-state index in [-0.39, 0.29) is 24.9 Å². The van der Waals surface area contributed by atoms with Crippen molar-refractivity contribution < 1.29 is 27.9 Å². The van der Waals surface area contributed by atoms with Crippen LogP contribution in [0.2, 0.25) is 0 Å². The standard InChI is InChI=1S/C24H34N7O6P/c1-15(2)35-23(32)16(3)29-38(33,37-17-9-7-6-8-10-17)34-13-18-11-12-19(36-18)31-14-26-20-21(30(4)5)27-24(25)28-22(20)31/h6-10,14-16,18-19H,11-13H2,1-5H3,(H,29,33)(H2,25,27,28)/t16-,18-,19+,38-/m0/s1. The Bertz CT molecular complexity index is 1300. The van der Waals surface area contributed by atoms with Crippen molar-refractivity contribution in [3.63, 3.8) is 0 Å². The van der Waals surface area contributed by atoms with E-state index in [0.717, 1.165) is 0 Å². The summed E-state index contributed by atoms with van der Waals surface area (Å²) in [4.78, 5) is 27.3. The van der Waals surface area contributed by atoms with Crippen LogP contribution in [-0.2, 0) is 23.4 Å². The number of nitrogens with two attached hydrogens (primary N) is 1. The molecule has 0 amide bonds. The molecule has 0 aliphatic carbocycles. The zero-order valence-corrected chi connectivity index (χ0v) is 23.0. The van der Waals surface area contributed by atoms with Gasteiger partial charge in [-0.3, -0.25) is 13.9 Å². The van der Waals surface area contributed by atoms with Crippen LogP contribution in [0.1, 0.15) is 39.8 Å². The first-order valence-corrected chi connectivity index (χ1v) is 13.9. The summed E-state index contributed by atoms with van der Waals surface area (Å²) in [6.45, 7) is 4.98. The van der Waals surface area contributed by atoms with E-state index < -0.39 is 25.9 Å². The predicted molar refractivity (Wildman–Crippen MR) is 142 cm³/mol. The maximum absolute atomic E-state index is 13.7. The van der Waals surface area contributed by atoms with Gasteiger partial charge in [0.25, 0.3) is 0 Å². The van der Waals surface area contributed by atoms with Gasteiger partial charge in [-0.15, -0.1) is 0 Å². The summed E-state index contributed by atoms with van der Waals surface area (Å²) in [5.74, 6) is 0.509. The van der Waals surface area contributed by atoms with Gasteiger partial charge in [0.1, 0.15) is 18.0 Å². The molecule has 1 fully saturated rings. The van der Waals surface area contributed by atoms with E-state index in [1.165, 1.54) is 6.92 Å². The van der Waals surface area contributed by atoms with Crippen LogP contribution in [0.25, 0.3) is 11.2 Å². The number of nitrogens with zero attached hydrogens (tertiary/aromatic N) is 5. The normalized spacial score (nSPS) is 19.8. The fraction of sp³-hybridized carbons (Fsp3) is 0.500. The average Bonchev–Trinajstić information content (AvgIpc) is 3.49. The number of hydrogen-bond acceptors (Lipinski definition) is 11. The number of ether oxygens (including phenoxy) is 2. The molecule has 38 heavy (non-hydrogen) atoms. The molecular formula is C24H34N7O6P. The van der Waals surface area contributed by atoms with Crippen LogP contribution in [0, 0.1) is 0 Å². The van der Waals surface area contributed by atoms with Crippen LogP contribution < -0.4 is 20.2 Å². The second kappa shape index (κ2) is 11.6. The van der Waals surface area contributed by atoms with E-state index >= 15 is 0 Å². The van der Waals surface area contributed by atoms with Crippen molar-refractivity contribution in [1.82, 2.24) is 24.6 Å². The van der Waals surface area contributed by atoms with Crippen LogP contribution in [-0.4, -0.2) is 64.4 Å². The number of hydrogen-bond donors (Lipinski definition) is 2. The molecule has 0 bridgehead atoms. The summed E-state index contributed by atoms with van der Waals surface area (Å²) >= 11 is 0. The molecule has 0 radical (unpaired) electrons. The van der Waals surface area contributed by atoms with Gasteiger partial charge in [-0.25, -0.2) is 9.55 Å². The van der Waals surface area contributed by atoms with Gasteiger partial charge in [0.2, 0.25) is 5.95 Å². The number of benzene rings is 1. The maximum atomic E-state index is 13.7. The zero-order chi connectivity index (χ0) is 27.4. The molecule has 4 atom stereocenters. The molecule has 0 spiro atoms. The lowest BCUT2D eigenvalue weighted by molar-refractivity contribution is -0.149. The molecule has 3 N–H and O–H groups in total. The highest BCUT2D eigenvalue weighted by atomic mass is 31.2. The van der Waals surface area contributed by atoms with Crippen molar-refractivity contribution in [2.24, 2.45) is 0 Å². The van der Waals surface area contributed by atoms with Crippen LogP contribution in [0.4, 0.5) is 11.8 Å². The highest BCUT2D eigenvalue weighted by Crippen LogP contribution is 2.46. The molecule has 3 aromatic rings. The lowest BCUT2D eigenvalue weighted by atomic mass is 10.2. The molecule has 2 aromatic heterocycles. The van der Waals surface area contributed by atoms with Gasteiger partial charge in [0.15, 0.2) is 17.0 Å². The number of carbonyl (C=O) groups excluding carboxylic acids is 1. The topological polar surface area (TPSA) is 156 Å². The first-order valence-electron chi connectivity index (χ1n) is 12.3. The van der Waals surface area contributed by atoms with Gasteiger partial charge >= 0.3 is 13.7 Å². The molecule has 0 unspecified atom stereocenters. The van der Waals surface area contributed by atoms with E-state index in [9.17, 15) is 9.36 Å². The Labute approximate surface area is 221 Å². The molecule has 1 saturated heterocycles. The quantitative estimate of drug-likeness (QED) is 0.267. The van der Waals surface area contributed by atoms with Gasteiger partial charge in [-0.05, 0) is 45.7 Å². The molecule has 206 valence electrons. The molecule has 14 heteroatoms. The fourth-order valence-electron chi connectivity index (χ4n) is 3.97. The Morgan fingerprint density at radius 3 is 2.66 bits per heavy atom. The largest absolute Gasteiger partial charge is 0.462 e. The van der Waals surface area contributed by atoms with Crippen molar-refractivity contribution in [3.8, 4) is 5.75 Å². The Balaban J connectivity index is 1.46. The van der Waals surface area contributed by atoms with E-state index in [2.05, 4.69) is 20.0 Å². The number of imidazole rings is 1. The van der Waals surface area contributed by atoms with Crippen LogP contribution >= 0.6 is 7.75 Å². The first kappa shape index (κ1) is 27.8. The minimum atomic E-state index is -3.98. The number of nitrogens with one attached hydrogen (secondary N) is 1. The monoisotopic (exact) mass is 547 g/mol. The average molecular weight is 548 g/mol. The van der Waals surface area contributed by atoms with Crippen molar-refractivity contribution >= 4 is 36.6 Å². The summed E-state index contributed by atoms with van der Waals surface area (Å²) in [6, 6.07) is 7.66. The zero-order valence-electron chi connectivity index (χ0n) is 22.1. The smallest absolute Gasteiger partial charge is 0.459 e. The van der Waals surface area contributed by atoms with Gasteiger partial charge < -0.3 is 24.6 Å². The van der Waals surface area contributed by atoms with E-state index in [1.807, 2.05) is 23.6 Å². The summed E-state index contributed by atoms with van der Waals surface area (Å²) < 4.78 is 38.4. The third-order valence-corrected chi connectivity index (χ3v) is 7.34. The number of fused-ring (bicyclic) bond motifs is 1.